The van der Waals surface area contributed by atoms with Crippen molar-refractivity contribution >= 4 is 40.7 Å². The highest BCUT2D eigenvalue weighted by atomic mass is 35.5. The number of carbonyl (C=O) groups is 2. The van der Waals surface area contributed by atoms with Gasteiger partial charge in [-0.1, -0.05) is 37.1 Å². The molecule has 4 aliphatic rings. The summed E-state index contributed by atoms with van der Waals surface area (Å²) in [6.07, 6.45) is 21.2. The maximum atomic E-state index is 13.0. The van der Waals surface area contributed by atoms with Gasteiger partial charge < -0.3 is 39.8 Å². The summed E-state index contributed by atoms with van der Waals surface area (Å²) in [5.74, 6) is 1.57. The number of halogens is 1. The number of anilines is 3. The van der Waals surface area contributed by atoms with E-state index in [1.807, 2.05) is 60.5 Å². The van der Waals surface area contributed by atoms with Crippen molar-refractivity contribution in [2.75, 3.05) is 64.7 Å². The van der Waals surface area contributed by atoms with E-state index in [4.69, 9.17) is 41.3 Å². The smallest absolute Gasteiger partial charge is 0.227 e. The number of nitrogens with two attached hydrogens (primary N) is 1. The number of benzene rings is 2. The predicted molar refractivity (Wildman–Crippen MR) is 299 cm³/mol. The molecule has 2 amide bonds. The lowest BCUT2D eigenvalue weighted by Crippen LogP contribution is -2.55. The molecule has 77 heavy (non-hydrogen) atoms. The molecule has 2 fully saturated rings. The average Bonchev–Trinajstić information content (AvgIpc) is 3.92. The number of aryl methyl sites for hydroxylation is 2. The molecule has 2 unspecified atom stereocenters. The van der Waals surface area contributed by atoms with E-state index in [0.29, 0.717) is 57.3 Å². The average molecular weight is 1070 g/mol. The number of likely N-dealkylation sites (tertiary alicyclic amines) is 2. The van der Waals surface area contributed by atoms with E-state index >= 15 is 0 Å². The SMILES string of the molecule is CC(C)OC1CN(C(=O)CC2CCCCc3cc(-c4ccnc(Cl)n4)ccc32)C1.COCCn1cc(N)cn1.COCCn1cc(Nc2nccc(-c3ccc4c(c3)CCCCC4CC(=O)N3CC(OC(C)C)C3)n2)cn1. The van der Waals surface area contributed by atoms with E-state index in [9.17, 15) is 9.59 Å². The molecule has 0 radical (unpaired) electrons. The molecule has 4 aromatic heterocycles. The molecule has 0 spiro atoms. The summed E-state index contributed by atoms with van der Waals surface area (Å²) in [6.45, 7) is 13.8. The van der Waals surface area contributed by atoms with Crippen LogP contribution in [0.1, 0.15) is 113 Å². The molecule has 2 aliphatic heterocycles. The van der Waals surface area contributed by atoms with Crippen LogP contribution in [0.25, 0.3) is 22.5 Å². The van der Waals surface area contributed by atoms with Gasteiger partial charge in [0.25, 0.3) is 0 Å². The number of ether oxygens (including phenoxy) is 4. The normalized spacial score (nSPS) is 17.4. The van der Waals surface area contributed by atoms with Crippen molar-refractivity contribution in [2.24, 2.45) is 0 Å². The predicted octanol–water partition coefficient (Wildman–Crippen LogP) is 9.31. The number of hydrogen-bond donors (Lipinski definition) is 2. The highest BCUT2D eigenvalue weighted by molar-refractivity contribution is 6.28. The van der Waals surface area contributed by atoms with Crippen LogP contribution in [0, 0.1) is 0 Å². The van der Waals surface area contributed by atoms with Crippen LogP contribution in [0.3, 0.4) is 0 Å². The molecular formula is C58H77ClN12O6. The first-order chi connectivity index (χ1) is 37.3. The summed E-state index contributed by atoms with van der Waals surface area (Å²) < 4.78 is 25.1. The molecule has 18 nitrogen and oxygen atoms in total. The fourth-order valence-electron chi connectivity index (χ4n) is 10.4. The Kier molecular flexibility index (Phi) is 20.6. The third kappa shape index (κ3) is 16.4. The third-order valence-corrected chi connectivity index (χ3v) is 14.5. The van der Waals surface area contributed by atoms with Gasteiger partial charge in [-0.2, -0.15) is 10.2 Å². The van der Waals surface area contributed by atoms with Crippen LogP contribution >= 0.6 is 11.6 Å². The Labute approximate surface area is 458 Å². The summed E-state index contributed by atoms with van der Waals surface area (Å²) in [7, 11) is 3.34. The van der Waals surface area contributed by atoms with E-state index in [-0.39, 0.29) is 53.3 Å². The van der Waals surface area contributed by atoms with Crippen molar-refractivity contribution in [2.45, 2.75) is 141 Å². The quantitative estimate of drug-likeness (QED) is 0.0609. The molecule has 6 heterocycles. The van der Waals surface area contributed by atoms with Crippen LogP contribution in [0.15, 0.2) is 85.7 Å². The standard InChI is InChI=1S/C29H38N6O3.C23H28ClN3O2.C6H11N3O/c1-20(2)38-25-18-34(19-25)28(36)15-22-7-5-4-6-21-14-23(8-9-26(21)22)27-10-11-30-29(33-27)32-24-16-31-35(17-24)12-13-37-3;1-15(2)29-19-13-27(14-19)22(28)12-17-6-4-3-5-16-11-18(7-8-20(16)17)21-9-10-25-23(24)26-21;1-10-3-2-9-5-6(7)4-8-9/h8-11,14,16-17,20,22,25H,4-7,12-13,15,18-19H2,1-3H3,(H,30,32,33);7-11,15,17,19H,3-6,12-14H2,1-2H3;4-5H,2-3,7H2,1H3. The molecule has 412 valence electrons. The van der Waals surface area contributed by atoms with Crippen molar-refractivity contribution in [3.05, 3.63) is 113 Å². The van der Waals surface area contributed by atoms with Crippen LogP contribution in [-0.4, -0.2) is 139 Å². The zero-order chi connectivity index (χ0) is 54.3. The first-order valence-corrected chi connectivity index (χ1v) is 27.7. The number of carbonyl (C=O) groups excluding carboxylic acids is 2. The summed E-state index contributed by atoms with van der Waals surface area (Å²) in [5.41, 5.74) is 16.0. The topological polar surface area (TPSA) is 203 Å². The molecule has 2 aromatic carbocycles. The minimum Gasteiger partial charge on any atom is -0.396 e. The number of nitrogens with one attached hydrogen (secondary N) is 1. The number of nitrogen functional groups attached to an aromatic ring is 1. The van der Waals surface area contributed by atoms with Gasteiger partial charge in [0.2, 0.25) is 23.0 Å². The minimum absolute atomic E-state index is 0.182. The van der Waals surface area contributed by atoms with Gasteiger partial charge in [0.05, 0.1) is 85.9 Å². The summed E-state index contributed by atoms with van der Waals surface area (Å²) in [4.78, 5) is 47.2. The Hall–Kier alpha value is -6.31. The Morgan fingerprint density at radius 2 is 1.18 bits per heavy atom. The lowest BCUT2D eigenvalue weighted by Gasteiger charge is -2.40. The van der Waals surface area contributed by atoms with Gasteiger partial charge in [0, 0.05) is 89.2 Å². The second-order valence-electron chi connectivity index (χ2n) is 20.9. The number of hydrogen-bond acceptors (Lipinski definition) is 14. The second kappa shape index (κ2) is 27.8. The Balaban J connectivity index is 0.000000177. The van der Waals surface area contributed by atoms with Crippen LogP contribution in [0.5, 0.6) is 0 Å². The van der Waals surface area contributed by atoms with Crippen molar-refractivity contribution < 1.29 is 28.5 Å². The number of rotatable bonds is 18. The molecule has 6 aromatic rings. The Morgan fingerprint density at radius 1 is 0.675 bits per heavy atom. The molecule has 2 saturated heterocycles. The number of amides is 2. The monoisotopic (exact) mass is 1070 g/mol. The fraction of sp³-hybridized carbons (Fsp3) is 0.517. The lowest BCUT2D eigenvalue weighted by molar-refractivity contribution is -0.149. The highest BCUT2D eigenvalue weighted by Gasteiger charge is 2.35. The maximum Gasteiger partial charge on any atom is 0.227 e. The largest absolute Gasteiger partial charge is 0.396 e. The molecule has 19 heteroatoms. The second-order valence-corrected chi connectivity index (χ2v) is 21.3. The number of methoxy groups -OCH3 is 2. The van der Waals surface area contributed by atoms with E-state index in [1.54, 1.807) is 49.9 Å². The number of aromatic nitrogens is 8. The molecule has 0 saturated carbocycles. The fourth-order valence-corrected chi connectivity index (χ4v) is 10.6. The van der Waals surface area contributed by atoms with Crippen LogP contribution in [0.4, 0.5) is 17.3 Å². The van der Waals surface area contributed by atoms with E-state index in [2.05, 4.69) is 66.9 Å². The summed E-state index contributed by atoms with van der Waals surface area (Å²) in [6, 6.07) is 16.9. The van der Waals surface area contributed by atoms with Crippen molar-refractivity contribution in [1.82, 2.24) is 49.3 Å². The summed E-state index contributed by atoms with van der Waals surface area (Å²) >= 11 is 5.96. The highest BCUT2D eigenvalue weighted by Crippen LogP contribution is 2.38. The Bertz CT molecular complexity index is 2850. The van der Waals surface area contributed by atoms with Gasteiger partial charge in [-0.15, -0.1) is 0 Å². The van der Waals surface area contributed by atoms with E-state index < -0.39 is 0 Å². The van der Waals surface area contributed by atoms with Crippen LogP contribution in [0.2, 0.25) is 5.28 Å². The first kappa shape index (κ1) is 56.9. The van der Waals surface area contributed by atoms with Gasteiger partial charge in [0.1, 0.15) is 0 Å². The first-order valence-electron chi connectivity index (χ1n) is 27.3. The molecule has 2 aliphatic carbocycles. The number of nitrogens with zero attached hydrogens (tertiary/aromatic N) is 10. The van der Waals surface area contributed by atoms with Gasteiger partial charge in [-0.3, -0.25) is 19.0 Å². The van der Waals surface area contributed by atoms with Crippen LogP contribution < -0.4 is 11.1 Å². The molecule has 10 rings (SSSR count). The molecular weight excluding hydrogens is 996 g/mol. The Morgan fingerprint density at radius 3 is 1.68 bits per heavy atom. The van der Waals surface area contributed by atoms with Gasteiger partial charge in [-0.05, 0) is 136 Å². The zero-order valence-corrected chi connectivity index (χ0v) is 46.4. The number of fused-ring (bicyclic) bond motifs is 2. The van der Waals surface area contributed by atoms with Gasteiger partial charge in [0.15, 0.2) is 0 Å². The van der Waals surface area contributed by atoms with Crippen molar-refractivity contribution in [3.63, 3.8) is 0 Å². The molecule has 2 atom stereocenters. The molecule has 0 bridgehead atoms. The van der Waals surface area contributed by atoms with Crippen LogP contribution in [-0.2, 0) is 54.5 Å². The minimum atomic E-state index is 0.182. The van der Waals surface area contributed by atoms with Crippen molar-refractivity contribution in [3.8, 4) is 22.5 Å². The van der Waals surface area contributed by atoms with Crippen molar-refractivity contribution in [1.29, 1.82) is 0 Å². The molecule has 3 N–H and O–H groups in total. The summed E-state index contributed by atoms with van der Waals surface area (Å²) in [5, 5.41) is 11.8. The van der Waals surface area contributed by atoms with Gasteiger partial charge >= 0.3 is 0 Å². The third-order valence-electron chi connectivity index (χ3n) is 14.3. The maximum absolute atomic E-state index is 13.0. The van der Waals surface area contributed by atoms with E-state index in [1.165, 1.54) is 22.3 Å². The lowest BCUT2D eigenvalue weighted by atomic mass is 9.88. The van der Waals surface area contributed by atoms with E-state index in [0.717, 1.165) is 99.2 Å². The van der Waals surface area contributed by atoms with Gasteiger partial charge in [-0.25, -0.2) is 19.9 Å². The zero-order valence-electron chi connectivity index (χ0n) is 45.7.